The van der Waals surface area contributed by atoms with Gasteiger partial charge in [-0.3, -0.25) is 14.7 Å². The summed E-state index contributed by atoms with van der Waals surface area (Å²) >= 11 is 0. The zero-order valence-electron chi connectivity index (χ0n) is 16.3. The number of hydrogen-bond acceptors (Lipinski definition) is 4. The van der Waals surface area contributed by atoms with E-state index in [0.29, 0.717) is 17.9 Å². The number of nitrogens with zero attached hydrogens (tertiary/aromatic N) is 2. The van der Waals surface area contributed by atoms with Crippen LogP contribution in [0.3, 0.4) is 0 Å². The Morgan fingerprint density at radius 3 is 2.82 bits per heavy atom. The molecule has 5 rings (SSSR count). The first-order valence-corrected chi connectivity index (χ1v) is 9.94. The Morgan fingerprint density at radius 1 is 1.32 bits per heavy atom. The van der Waals surface area contributed by atoms with Crippen LogP contribution in [0.1, 0.15) is 29.9 Å². The van der Waals surface area contributed by atoms with Gasteiger partial charge in [0.2, 0.25) is 5.91 Å². The fraction of sp³-hybridized carbons (Fsp3) is 0.391. The number of carbonyl (C=O) groups excluding carboxylic acids is 1. The lowest BCUT2D eigenvalue weighted by Crippen LogP contribution is -2.54. The van der Waals surface area contributed by atoms with Crippen LogP contribution in [0.5, 0.6) is 5.75 Å². The second-order valence-electron chi connectivity index (χ2n) is 7.65. The van der Waals surface area contributed by atoms with Gasteiger partial charge >= 0.3 is 0 Å². The van der Waals surface area contributed by atoms with Gasteiger partial charge in [-0.05, 0) is 68.1 Å². The van der Waals surface area contributed by atoms with Gasteiger partial charge in [-0.15, -0.1) is 0 Å². The molecule has 3 aliphatic heterocycles. The van der Waals surface area contributed by atoms with E-state index in [2.05, 4.69) is 27.8 Å². The lowest BCUT2D eigenvalue weighted by atomic mass is 9.68. The molecule has 4 heterocycles. The van der Waals surface area contributed by atoms with Crippen LogP contribution in [0.25, 0.3) is 0 Å². The Labute approximate surface area is 166 Å². The van der Waals surface area contributed by atoms with Crippen molar-refractivity contribution in [1.82, 2.24) is 9.88 Å². The molecule has 1 N–H and O–H groups in total. The molecular weight excluding hydrogens is 350 g/mol. The molecule has 3 fully saturated rings. The van der Waals surface area contributed by atoms with Crippen molar-refractivity contribution in [1.29, 1.82) is 0 Å². The average Bonchev–Trinajstić information content (AvgIpc) is 2.75. The van der Waals surface area contributed by atoms with Crippen LogP contribution in [0.15, 0.2) is 55.4 Å². The van der Waals surface area contributed by atoms with E-state index in [1.807, 2.05) is 36.7 Å². The number of carbonyl (C=O) groups is 1. The predicted molar refractivity (Wildman–Crippen MR) is 111 cm³/mol. The third-order valence-corrected chi connectivity index (χ3v) is 6.20. The van der Waals surface area contributed by atoms with Gasteiger partial charge in [-0.2, -0.15) is 0 Å². The Morgan fingerprint density at radius 2 is 2.14 bits per heavy atom. The Balaban J connectivity index is 1.76. The van der Waals surface area contributed by atoms with Gasteiger partial charge < -0.3 is 10.1 Å². The molecule has 1 amide bonds. The van der Waals surface area contributed by atoms with Gasteiger partial charge in [-0.25, -0.2) is 0 Å². The molecule has 146 valence electrons. The molecule has 5 nitrogen and oxygen atoms in total. The number of rotatable bonds is 6. The largest absolute Gasteiger partial charge is 0.496 e. The molecule has 0 aliphatic carbocycles. The maximum atomic E-state index is 12.1. The standard InChI is InChI=1S/C23H27N3O2/c1-3-21(27)25-18-7-4-8-20(28-2)23(18)22-17-9-12-26(13-10-17)19(22)14-16-6-5-11-24-15-16/h3-8,11,15,17,19,22H,1,9-10,12-14H2,2H3,(H,25,27). The van der Waals surface area contributed by atoms with Crippen LogP contribution in [-0.2, 0) is 11.2 Å². The lowest BCUT2D eigenvalue weighted by molar-refractivity contribution is -0.111. The minimum Gasteiger partial charge on any atom is -0.496 e. The van der Waals surface area contributed by atoms with Crippen molar-refractivity contribution in [3.05, 3.63) is 66.5 Å². The highest BCUT2D eigenvalue weighted by molar-refractivity contribution is 5.99. The molecule has 0 spiro atoms. The molecule has 3 saturated heterocycles. The van der Waals surface area contributed by atoms with E-state index in [-0.39, 0.29) is 5.91 Å². The molecule has 0 saturated carbocycles. The first-order chi connectivity index (χ1) is 13.7. The number of hydrogen-bond donors (Lipinski definition) is 1. The zero-order chi connectivity index (χ0) is 19.5. The molecule has 0 radical (unpaired) electrons. The zero-order valence-corrected chi connectivity index (χ0v) is 16.3. The Bertz CT molecular complexity index is 844. The predicted octanol–water partition coefficient (Wildman–Crippen LogP) is 3.64. The number of piperidine rings is 3. The van der Waals surface area contributed by atoms with E-state index in [1.54, 1.807) is 7.11 Å². The van der Waals surface area contributed by atoms with Crippen molar-refractivity contribution in [3.63, 3.8) is 0 Å². The van der Waals surface area contributed by atoms with Gasteiger partial charge in [0, 0.05) is 35.6 Å². The summed E-state index contributed by atoms with van der Waals surface area (Å²) in [5, 5.41) is 3.01. The number of pyridine rings is 1. The number of aromatic nitrogens is 1. The van der Waals surface area contributed by atoms with Crippen molar-refractivity contribution < 1.29 is 9.53 Å². The Kier molecular flexibility index (Phi) is 5.44. The lowest BCUT2D eigenvalue weighted by Gasteiger charge is -2.52. The van der Waals surface area contributed by atoms with Crippen LogP contribution in [0, 0.1) is 5.92 Å². The van der Waals surface area contributed by atoms with Gasteiger partial charge in [0.25, 0.3) is 0 Å². The van der Waals surface area contributed by atoms with Crippen LogP contribution in [-0.4, -0.2) is 42.0 Å². The quantitative estimate of drug-likeness (QED) is 0.781. The van der Waals surface area contributed by atoms with Gasteiger partial charge in [0.15, 0.2) is 0 Å². The summed E-state index contributed by atoms with van der Waals surface area (Å²) in [6.07, 6.45) is 8.40. The summed E-state index contributed by atoms with van der Waals surface area (Å²) in [7, 11) is 1.70. The van der Waals surface area contributed by atoms with Crippen LogP contribution < -0.4 is 10.1 Å². The monoisotopic (exact) mass is 377 g/mol. The van der Waals surface area contributed by atoms with Crippen molar-refractivity contribution in [3.8, 4) is 5.75 Å². The summed E-state index contributed by atoms with van der Waals surface area (Å²) in [4.78, 5) is 19.0. The molecular formula is C23H27N3O2. The van der Waals surface area contributed by atoms with Gasteiger partial charge in [-0.1, -0.05) is 18.7 Å². The number of ether oxygens (including phenoxy) is 1. The third-order valence-electron chi connectivity index (χ3n) is 6.20. The minimum absolute atomic E-state index is 0.195. The molecule has 1 aromatic heterocycles. The van der Waals surface area contributed by atoms with Crippen molar-refractivity contribution in [2.75, 3.05) is 25.5 Å². The maximum absolute atomic E-state index is 12.1. The minimum atomic E-state index is -0.195. The van der Waals surface area contributed by atoms with Crippen LogP contribution >= 0.6 is 0 Å². The molecule has 3 aliphatic rings. The second-order valence-corrected chi connectivity index (χ2v) is 7.65. The molecule has 2 bridgehead atoms. The van der Waals surface area contributed by atoms with Gasteiger partial charge in [0.05, 0.1) is 7.11 Å². The smallest absolute Gasteiger partial charge is 0.247 e. The SMILES string of the molecule is C=CC(=O)Nc1cccc(OC)c1C1C2CCN(CC2)C1Cc1cccnc1. The molecule has 28 heavy (non-hydrogen) atoms. The molecule has 2 atom stereocenters. The number of amides is 1. The summed E-state index contributed by atoms with van der Waals surface area (Å²) in [5.41, 5.74) is 3.19. The van der Waals surface area contributed by atoms with E-state index >= 15 is 0 Å². The van der Waals surface area contributed by atoms with Crippen molar-refractivity contribution in [2.24, 2.45) is 5.92 Å². The van der Waals surface area contributed by atoms with Crippen LogP contribution in [0.2, 0.25) is 0 Å². The first kappa shape index (κ1) is 18.7. The fourth-order valence-electron chi connectivity index (χ4n) is 4.95. The first-order valence-electron chi connectivity index (χ1n) is 9.94. The topological polar surface area (TPSA) is 54.5 Å². The van der Waals surface area contributed by atoms with E-state index in [9.17, 15) is 4.79 Å². The summed E-state index contributed by atoms with van der Waals surface area (Å²) in [6, 6.07) is 10.4. The van der Waals surface area contributed by atoms with Crippen molar-refractivity contribution >= 4 is 11.6 Å². The van der Waals surface area contributed by atoms with E-state index < -0.39 is 0 Å². The number of nitrogens with one attached hydrogen (secondary N) is 1. The number of fused-ring (bicyclic) bond motifs is 3. The number of methoxy groups -OCH3 is 1. The molecule has 2 aromatic rings. The maximum Gasteiger partial charge on any atom is 0.247 e. The average molecular weight is 377 g/mol. The van der Waals surface area contributed by atoms with Crippen molar-refractivity contribution in [2.45, 2.75) is 31.2 Å². The van der Waals surface area contributed by atoms with E-state index in [0.717, 1.165) is 36.5 Å². The highest BCUT2D eigenvalue weighted by Gasteiger charge is 2.44. The highest BCUT2D eigenvalue weighted by Crippen LogP contribution is 2.49. The normalized spacial score (nSPS) is 25.9. The summed E-state index contributed by atoms with van der Waals surface area (Å²) < 4.78 is 5.75. The molecule has 2 unspecified atom stereocenters. The summed E-state index contributed by atoms with van der Waals surface area (Å²) in [5.74, 6) is 1.54. The van der Waals surface area contributed by atoms with E-state index in [1.165, 1.54) is 24.5 Å². The van der Waals surface area contributed by atoms with Gasteiger partial charge in [0.1, 0.15) is 5.75 Å². The highest BCUT2D eigenvalue weighted by atomic mass is 16.5. The third kappa shape index (κ3) is 3.54. The number of anilines is 1. The van der Waals surface area contributed by atoms with Crippen LogP contribution in [0.4, 0.5) is 5.69 Å². The second kappa shape index (κ2) is 8.15. The fourth-order valence-corrected chi connectivity index (χ4v) is 4.95. The van der Waals surface area contributed by atoms with E-state index in [4.69, 9.17) is 4.74 Å². The molecule has 5 heteroatoms. The molecule has 1 aromatic carbocycles. The Hall–Kier alpha value is -2.66. The number of benzene rings is 1. The summed E-state index contributed by atoms with van der Waals surface area (Å²) in [6.45, 7) is 5.86.